The van der Waals surface area contributed by atoms with Gasteiger partial charge in [0, 0.05) is 37.4 Å². The van der Waals surface area contributed by atoms with E-state index in [1.54, 1.807) is 0 Å². The molecule has 5 heteroatoms. The predicted octanol–water partition coefficient (Wildman–Crippen LogP) is 2.36. The lowest BCUT2D eigenvalue weighted by Gasteiger charge is -2.32. The summed E-state index contributed by atoms with van der Waals surface area (Å²) in [6, 6.07) is 10.5. The number of aromatic nitrogens is 2. The molecule has 1 N–H and O–H groups in total. The van der Waals surface area contributed by atoms with Crippen LogP contribution < -0.4 is 5.32 Å². The lowest BCUT2D eigenvalue weighted by atomic mass is 10.2. The molecule has 0 spiro atoms. The lowest BCUT2D eigenvalue weighted by Crippen LogP contribution is -2.46. The fraction of sp³-hybridized carbons (Fsp3) is 0.550. The molecule has 0 unspecified atom stereocenters. The Morgan fingerprint density at radius 2 is 2.04 bits per heavy atom. The van der Waals surface area contributed by atoms with Crippen LogP contribution in [-0.2, 0) is 17.8 Å². The highest BCUT2D eigenvalue weighted by Crippen LogP contribution is 2.15. The Hall–Kier alpha value is -1.69. The topological polar surface area (TPSA) is 42.3 Å². The first-order valence-corrected chi connectivity index (χ1v) is 9.29. The molecular weight excluding hydrogens is 312 g/mol. The molecule has 0 aliphatic carbocycles. The largest absolute Gasteiger partial charge is 0.374 e. The van der Waals surface area contributed by atoms with Crippen LogP contribution in [-0.4, -0.2) is 53.6 Å². The average molecular weight is 342 g/mol. The lowest BCUT2D eigenvalue weighted by molar-refractivity contribution is -0.0253. The molecule has 0 radical (unpaired) electrons. The van der Waals surface area contributed by atoms with E-state index in [9.17, 15) is 0 Å². The second-order valence-electron chi connectivity index (χ2n) is 6.81. The van der Waals surface area contributed by atoms with Crippen LogP contribution in [0, 0.1) is 13.8 Å². The summed E-state index contributed by atoms with van der Waals surface area (Å²) in [7, 11) is 0. The maximum atomic E-state index is 5.87. The van der Waals surface area contributed by atoms with Crippen molar-refractivity contribution in [1.29, 1.82) is 0 Å². The third-order valence-corrected chi connectivity index (χ3v) is 5.05. The van der Waals surface area contributed by atoms with Gasteiger partial charge in [0.05, 0.1) is 24.9 Å². The molecule has 1 saturated heterocycles. The molecule has 0 amide bonds. The zero-order valence-corrected chi connectivity index (χ0v) is 15.7. The second-order valence-corrected chi connectivity index (χ2v) is 6.81. The molecule has 2 heterocycles. The van der Waals surface area contributed by atoms with Crippen molar-refractivity contribution in [2.45, 2.75) is 40.0 Å². The number of aryl methyl sites for hydroxylation is 1. The van der Waals surface area contributed by atoms with Crippen LogP contribution in [0.5, 0.6) is 0 Å². The highest BCUT2D eigenvalue weighted by Gasteiger charge is 2.19. The molecule has 1 aliphatic rings. The monoisotopic (exact) mass is 342 g/mol. The number of benzene rings is 1. The second kappa shape index (κ2) is 8.61. The van der Waals surface area contributed by atoms with E-state index in [0.717, 1.165) is 51.6 Å². The number of morpholine rings is 1. The summed E-state index contributed by atoms with van der Waals surface area (Å²) in [4.78, 5) is 2.45. The van der Waals surface area contributed by atoms with E-state index >= 15 is 0 Å². The third kappa shape index (κ3) is 4.69. The van der Waals surface area contributed by atoms with Crippen molar-refractivity contribution in [1.82, 2.24) is 20.0 Å². The van der Waals surface area contributed by atoms with Gasteiger partial charge in [-0.25, -0.2) is 0 Å². The van der Waals surface area contributed by atoms with Crippen LogP contribution in [0.4, 0.5) is 0 Å². The fourth-order valence-electron chi connectivity index (χ4n) is 3.45. The Morgan fingerprint density at radius 1 is 1.24 bits per heavy atom. The Kier molecular flexibility index (Phi) is 6.24. The zero-order valence-electron chi connectivity index (χ0n) is 15.7. The molecule has 1 aromatic carbocycles. The number of rotatable bonds is 7. The first kappa shape index (κ1) is 18.1. The number of nitrogens with one attached hydrogen (secondary N) is 1. The Bertz CT molecular complexity index is 668. The number of nitrogens with zero attached hydrogens (tertiary/aromatic N) is 3. The summed E-state index contributed by atoms with van der Waals surface area (Å²) >= 11 is 0. The molecule has 0 saturated carbocycles. The molecule has 1 aliphatic heterocycles. The van der Waals surface area contributed by atoms with E-state index in [0.29, 0.717) is 0 Å². The highest BCUT2D eigenvalue weighted by atomic mass is 16.5. The molecule has 136 valence electrons. The summed E-state index contributed by atoms with van der Waals surface area (Å²) < 4.78 is 7.98. The maximum absolute atomic E-state index is 5.87. The van der Waals surface area contributed by atoms with Crippen molar-refractivity contribution in [3.63, 3.8) is 0 Å². The summed E-state index contributed by atoms with van der Waals surface area (Å²) in [5.74, 6) is 0. The van der Waals surface area contributed by atoms with Gasteiger partial charge in [0.25, 0.3) is 0 Å². The maximum Gasteiger partial charge on any atom is 0.0826 e. The molecule has 5 nitrogen and oxygen atoms in total. The number of ether oxygens (including phenoxy) is 1. The van der Waals surface area contributed by atoms with Crippen molar-refractivity contribution in [3.8, 4) is 0 Å². The molecule has 2 aromatic rings. The molecular formula is C20H30N4O. The summed E-state index contributed by atoms with van der Waals surface area (Å²) in [5.41, 5.74) is 4.94. The number of hydrogen-bond donors (Lipinski definition) is 1. The van der Waals surface area contributed by atoms with E-state index in [1.165, 1.54) is 16.8 Å². The summed E-state index contributed by atoms with van der Waals surface area (Å²) in [6.07, 6.45) is 0.286. The van der Waals surface area contributed by atoms with E-state index in [-0.39, 0.29) is 6.10 Å². The van der Waals surface area contributed by atoms with Crippen LogP contribution >= 0.6 is 0 Å². The standard InChI is InChI=1S/C20H30N4O/c1-4-23-10-11-25-19(15-23)12-21-13-20-16(2)22-24(17(20)3)14-18-8-6-5-7-9-18/h5-9,19,21H,4,10-15H2,1-3H3/t19-/m1/s1. The molecule has 1 aromatic heterocycles. The van der Waals surface area contributed by atoms with Gasteiger partial charge in [0.2, 0.25) is 0 Å². The predicted molar refractivity (Wildman–Crippen MR) is 101 cm³/mol. The minimum absolute atomic E-state index is 0.286. The molecule has 1 atom stereocenters. The van der Waals surface area contributed by atoms with E-state index in [1.807, 2.05) is 6.07 Å². The normalized spacial score (nSPS) is 18.6. The Morgan fingerprint density at radius 3 is 2.80 bits per heavy atom. The van der Waals surface area contributed by atoms with Gasteiger partial charge in [-0.3, -0.25) is 9.58 Å². The van der Waals surface area contributed by atoms with Crippen LogP contribution in [0.15, 0.2) is 30.3 Å². The first-order chi connectivity index (χ1) is 12.2. The average Bonchev–Trinajstić information content (AvgIpc) is 2.90. The smallest absolute Gasteiger partial charge is 0.0826 e. The van der Waals surface area contributed by atoms with Crippen molar-refractivity contribution in [3.05, 3.63) is 52.8 Å². The number of hydrogen-bond acceptors (Lipinski definition) is 4. The van der Waals surface area contributed by atoms with Gasteiger partial charge in [-0.1, -0.05) is 37.3 Å². The van der Waals surface area contributed by atoms with Gasteiger partial charge in [0.1, 0.15) is 0 Å². The van der Waals surface area contributed by atoms with Crippen molar-refractivity contribution < 1.29 is 4.74 Å². The molecule has 0 bridgehead atoms. The highest BCUT2D eigenvalue weighted by molar-refractivity contribution is 5.26. The number of likely N-dealkylation sites (N-methyl/N-ethyl adjacent to an activating group) is 1. The summed E-state index contributed by atoms with van der Waals surface area (Å²) in [5, 5.41) is 8.30. The summed E-state index contributed by atoms with van der Waals surface area (Å²) in [6.45, 7) is 13.0. The van der Waals surface area contributed by atoms with Crippen LogP contribution in [0.3, 0.4) is 0 Å². The van der Waals surface area contributed by atoms with Crippen molar-refractivity contribution in [2.75, 3.05) is 32.8 Å². The van der Waals surface area contributed by atoms with Gasteiger partial charge < -0.3 is 10.1 Å². The Labute approximate surface area is 151 Å². The Balaban J connectivity index is 1.56. The van der Waals surface area contributed by atoms with Crippen molar-refractivity contribution in [2.24, 2.45) is 0 Å². The van der Waals surface area contributed by atoms with Crippen molar-refractivity contribution >= 4 is 0 Å². The molecule has 3 rings (SSSR count). The van der Waals surface area contributed by atoms with Gasteiger partial charge in [0.15, 0.2) is 0 Å². The minimum atomic E-state index is 0.286. The van der Waals surface area contributed by atoms with E-state index in [2.05, 4.69) is 59.9 Å². The fourth-order valence-corrected chi connectivity index (χ4v) is 3.45. The molecule has 25 heavy (non-hydrogen) atoms. The zero-order chi connectivity index (χ0) is 17.6. The van der Waals surface area contributed by atoms with Gasteiger partial charge in [-0.05, 0) is 26.0 Å². The van der Waals surface area contributed by atoms with Gasteiger partial charge in [-0.2, -0.15) is 5.10 Å². The van der Waals surface area contributed by atoms with Gasteiger partial charge in [-0.15, -0.1) is 0 Å². The first-order valence-electron chi connectivity index (χ1n) is 9.29. The van der Waals surface area contributed by atoms with Crippen LogP contribution in [0.25, 0.3) is 0 Å². The van der Waals surface area contributed by atoms with E-state index in [4.69, 9.17) is 9.84 Å². The van der Waals surface area contributed by atoms with Crippen LogP contribution in [0.1, 0.15) is 29.4 Å². The SMILES string of the molecule is CCN1CCO[C@H](CNCc2c(C)nn(Cc3ccccc3)c2C)C1. The van der Waals surface area contributed by atoms with Crippen LogP contribution in [0.2, 0.25) is 0 Å². The minimum Gasteiger partial charge on any atom is -0.374 e. The third-order valence-electron chi connectivity index (χ3n) is 5.05. The quantitative estimate of drug-likeness (QED) is 0.839. The van der Waals surface area contributed by atoms with E-state index < -0.39 is 0 Å². The molecule has 1 fully saturated rings. The van der Waals surface area contributed by atoms with Gasteiger partial charge >= 0.3 is 0 Å².